The van der Waals surface area contributed by atoms with E-state index in [2.05, 4.69) is 0 Å². The van der Waals surface area contributed by atoms with Gasteiger partial charge in [-0.1, -0.05) is 23.7 Å². The first-order valence-electron chi connectivity index (χ1n) is 6.21. The van der Waals surface area contributed by atoms with Crippen molar-refractivity contribution in [2.75, 3.05) is 20.8 Å². The maximum atomic E-state index is 12.0. The van der Waals surface area contributed by atoms with E-state index >= 15 is 0 Å². The third kappa shape index (κ3) is 4.82. The number of nitrogens with zero attached hydrogens (tertiary/aromatic N) is 1. The Balaban J connectivity index is 2.59. The molecule has 0 radical (unpaired) electrons. The van der Waals surface area contributed by atoms with Gasteiger partial charge in [0.25, 0.3) is 0 Å². The number of carbonyl (C=O) groups is 1. The number of ether oxygens (including phenoxy) is 1. The number of methoxy groups -OCH3 is 1. The molecule has 1 rings (SSSR count). The van der Waals surface area contributed by atoms with Crippen molar-refractivity contribution in [2.45, 2.75) is 25.4 Å². The molecule has 5 heteroatoms. The van der Waals surface area contributed by atoms with Gasteiger partial charge in [0.1, 0.15) is 6.04 Å². The van der Waals surface area contributed by atoms with E-state index in [0.29, 0.717) is 5.02 Å². The summed E-state index contributed by atoms with van der Waals surface area (Å²) in [5.41, 5.74) is 6.88. The lowest BCUT2D eigenvalue weighted by atomic mass is 10.1. The van der Waals surface area contributed by atoms with Gasteiger partial charge in [-0.2, -0.15) is 0 Å². The molecule has 0 heterocycles. The van der Waals surface area contributed by atoms with Crippen LogP contribution in [0.4, 0.5) is 0 Å². The number of hydrogen-bond donors (Lipinski definition) is 1. The van der Waals surface area contributed by atoms with E-state index in [4.69, 9.17) is 22.1 Å². The molecule has 0 saturated heterocycles. The quantitative estimate of drug-likeness (QED) is 0.865. The van der Waals surface area contributed by atoms with Gasteiger partial charge in [-0.15, -0.1) is 0 Å². The molecular formula is C14H21ClN2O2. The van der Waals surface area contributed by atoms with Crippen molar-refractivity contribution in [3.8, 4) is 0 Å². The Kier molecular flexibility index (Phi) is 6.28. The van der Waals surface area contributed by atoms with Crippen molar-refractivity contribution in [1.29, 1.82) is 0 Å². The summed E-state index contributed by atoms with van der Waals surface area (Å²) >= 11 is 5.84. The van der Waals surface area contributed by atoms with Crippen LogP contribution in [0.5, 0.6) is 0 Å². The molecular weight excluding hydrogens is 264 g/mol. The van der Waals surface area contributed by atoms with Crippen LogP contribution in [-0.2, 0) is 16.0 Å². The molecule has 0 aliphatic rings. The summed E-state index contributed by atoms with van der Waals surface area (Å²) in [7, 11) is 3.29. The maximum absolute atomic E-state index is 12.0. The third-order valence-corrected chi connectivity index (χ3v) is 3.37. The van der Waals surface area contributed by atoms with Gasteiger partial charge in [0.2, 0.25) is 5.91 Å². The van der Waals surface area contributed by atoms with Crippen LogP contribution in [-0.4, -0.2) is 43.7 Å². The van der Waals surface area contributed by atoms with Crippen LogP contribution in [0.2, 0.25) is 5.02 Å². The predicted octanol–water partition coefficient (Wildman–Crippen LogP) is 1.70. The SMILES string of the molecule is COCC(N)C(=O)N(C)C(C)Cc1ccc(Cl)cc1. The molecule has 0 saturated carbocycles. The summed E-state index contributed by atoms with van der Waals surface area (Å²) < 4.78 is 4.90. The number of amides is 1. The van der Waals surface area contributed by atoms with E-state index < -0.39 is 6.04 Å². The number of rotatable bonds is 6. The van der Waals surface area contributed by atoms with Gasteiger partial charge < -0.3 is 15.4 Å². The molecule has 4 nitrogen and oxygen atoms in total. The number of nitrogens with two attached hydrogens (primary N) is 1. The summed E-state index contributed by atoms with van der Waals surface area (Å²) in [5.74, 6) is -0.108. The summed E-state index contributed by atoms with van der Waals surface area (Å²) in [6, 6.07) is 7.09. The van der Waals surface area contributed by atoms with Crippen LogP contribution in [0.1, 0.15) is 12.5 Å². The van der Waals surface area contributed by atoms with Crippen molar-refractivity contribution in [2.24, 2.45) is 5.73 Å². The fraction of sp³-hybridized carbons (Fsp3) is 0.500. The van der Waals surface area contributed by atoms with E-state index in [1.165, 1.54) is 7.11 Å². The maximum Gasteiger partial charge on any atom is 0.241 e. The van der Waals surface area contributed by atoms with Gasteiger partial charge in [-0.05, 0) is 31.0 Å². The van der Waals surface area contributed by atoms with Crippen LogP contribution in [0, 0.1) is 0 Å². The Hall–Kier alpha value is -1.10. The highest BCUT2D eigenvalue weighted by Crippen LogP contribution is 2.13. The number of halogens is 1. The van der Waals surface area contributed by atoms with Crippen LogP contribution in [0.25, 0.3) is 0 Å². The Morgan fingerprint density at radius 2 is 2.00 bits per heavy atom. The van der Waals surface area contributed by atoms with E-state index in [0.717, 1.165) is 12.0 Å². The summed E-state index contributed by atoms with van der Waals surface area (Å²) in [4.78, 5) is 13.7. The molecule has 106 valence electrons. The first-order valence-corrected chi connectivity index (χ1v) is 6.59. The minimum absolute atomic E-state index is 0.0663. The normalized spacial score (nSPS) is 13.9. The van der Waals surface area contributed by atoms with Crippen LogP contribution in [0.15, 0.2) is 24.3 Å². The number of hydrogen-bond acceptors (Lipinski definition) is 3. The van der Waals surface area contributed by atoms with Crippen LogP contribution >= 0.6 is 11.6 Å². The molecule has 1 amide bonds. The van der Waals surface area contributed by atoms with Gasteiger partial charge in [0.05, 0.1) is 6.61 Å². The van der Waals surface area contributed by atoms with Gasteiger partial charge in [-0.3, -0.25) is 4.79 Å². The molecule has 0 aliphatic carbocycles. The molecule has 0 bridgehead atoms. The number of benzene rings is 1. The minimum atomic E-state index is -0.609. The zero-order valence-corrected chi connectivity index (χ0v) is 12.4. The molecule has 0 spiro atoms. The third-order valence-electron chi connectivity index (χ3n) is 3.12. The van der Waals surface area contributed by atoms with Crippen molar-refractivity contribution >= 4 is 17.5 Å². The lowest BCUT2D eigenvalue weighted by Gasteiger charge is -2.27. The van der Waals surface area contributed by atoms with E-state index in [1.807, 2.05) is 31.2 Å². The highest BCUT2D eigenvalue weighted by Gasteiger charge is 2.21. The van der Waals surface area contributed by atoms with E-state index in [9.17, 15) is 4.79 Å². The van der Waals surface area contributed by atoms with Crippen LogP contribution < -0.4 is 5.73 Å². The zero-order valence-electron chi connectivity index (χ0n) is 11.6. The molecule has 2 atom stereocenters. The molecule has 1 aromatic carbocycles. The average molecular weight is 285 g/mol. The van der Waals surface area contributed by atoms with Crippen molar-refractivity contribution in [1.82, 2.24) is 4.90 Å². The zero-order chi connectivity index (χ0) is 14.4. The van der Waals surface area contributed by atoms with Crippen molar-refractivity contribution < 1.29 is 9.53 Å². The number of carbonyl (C=O) groups excluding carboxylic acids is 1. The second kappa shape index (κ2) is 7.48. The average Bonchev–Trinajstić information content (AvgIpc) is 2.39. The summed E-state index contributed by atoms with van der Waals surface area (Å²) in [5, 5.41) is 0.711. The summed E-state index contributed by atoms with van der Waals surface area (Å²) in [6.45, 7) is 2.23. The first-order chi connectivity index (χ1) is 8.95. The molecule has 0 aromatic heterocycles. The lowest BCUT2D eigenvalue weighted by Crippen LogP contribution is -2.48. The molecule has 19 heavy (non-hydrogen) atoms. The Morgan fingerprint density at radius 3 is 2.53 bits per heavy atom. The first kappa shape index (κ1) is 16.0. The van der Waals surface area contributed by atoms with Gasteiger partial charge >= 0.3 is 0 Å². The molecule has 0 aliphatic heterocycles. The molecule has 2 N–H and O–H groups in total. The second-order valence-electron chi connectivity index (χ2n) is 4.69. The largest absolute Gasteiger partial charge is 0.383 e. The Morgan fingerprint density at radius 1 is 1.42 bits per heavy atom. The van der Waals surface area contributed by atoms with Gasteiger partial charge in [0, 0.05) is 25.2 Å². The molecule has 1 aromatic rings. The van der Waals surface area contributed by atoms with E-state index in [1.54, 1.807) is 11.9 Å². The smallest absolute Gasteiger partial charge is 0.241 e. The number of likely N-dealkylation sites (N-methyl/N-ethyl adjacent to an activating group) is 1. The monoisotopic (exact) mass is 284 g/mol. The topological polar surface area (TPSA) is 55.6 Å². The minimum Gasteiger partial charge on any atom is -0.383 e. The van der Waals surface area contributed by atoms with Gasteiger partial charge in [0.15, 0.2) is 0 Å². The predicted molar refractivity (Wildman–Crippen MR) is 77.2 cm³/mol. The standard InChI is InChI=1S/C14H21ClN2O2/c1-10(8-11-4-6-12(15)7-5-11)17(2)14(18)13(16)9-19-3/h4-7,10,13H,8-9,16H2,1-3H3. The lowest BCUT2D eigenvalue weighted by molar-refractivity contribution is -0.134. The second-order valence-corrected chi connectivity index (χ2v) is 5.13. The molecule has 2 unspecified atom stereocenters. The fourth-order valence-corrected chi connectivity index (χ4v) is 1.95. The summed E-state index contributed by atoms with van der Waals surface area (Å²) in [6.07, 6.45) is 0.763. The highest BCUT2D eigenvalue weighted by molar-refractivity contribution is 6.30. The van der Waals surface area contributed by atoms with Crippen molar-refractivity contribution in [3.05, 3.63) is 34.9 Å². The highest BCUT2D eigenvalue weighted by atomic mass is 35.5. The molecule has 0 fully saturated rings. The fourth-order valence-electron chi connectivity index (χ4n) is 1.83. The van der Waals surface area contributed by atoms with Gasteiger partial charge in [-0.25, -0.2) is 0 Å². The van der Waals surface area contributed by atoms with E-state index in [-0.39, 0.29) is 18.6 Å². The van der Waals surface area contributed by atoms with Crippen molar-refractivity contribution in [3.63, 3.8) is 0 Å². The Bertz CT molecular complexity index is 408. The van der Waals surface area contributed by atoms with Crippen LogP contribution in [0.3, 0.4) is 0 Å². The Labute approximate surface area is 119 Å².